The Balaban J connectivity index is 0.000000886. The lowest BCUT2D eigenvalue weighted by Gasteiger charge is -2.28. The Kier molecular flexibility index (Phi) is 37.7. The summed E-state index contributed by atoms with van der Waals surface area (Å²) in [7, 11) is 9.40. The van der Waals surface area contributed by atoms with Gasteiger partial charge in [0.05, 0.1) is 66.3 Å². The second-order valence-electron chi connectivity index (χ2n) is 18.8. The monoisotopic (exact) mass is 869 g/mol. The van der Waals surface area contributed by atoms with E-state index < -0.39 is 11.9 Å². The summed E-state index contributed by atoms with van der Waals surface area (Å²) in [4.78, 5) is 22.8. The summed E-state index contributed by atoms with van der Waals surface area (Å²) in [5, 5.41) is 22.0. The first-order chi connectivity index (χ1) is 29.3. The van der Waals surface area contributed by atoms with Crippen molar-refractivity contribution in [2.75, 3.05) is 54.4 Å². The predicted molar refractivity (Wildman–Crippen MR) is 261 cm³/mol. The van der Waals surface area contributed by atoms with Crippen LogP contribution in [0.3, 0.4) is 0 Å². The molecule has 2 rings (SSSR count). The standard InChI is InChI=1S/2C20H44N.C14H10O4S/c2*1-5-7-8-9-10-11-12-13-14-15-16-17-18-19-20-21(3,4)6-2;15-13(16)9-5-1-3-7-11(9)19-12-8-4-2-6-10(12)14(17)18/h2*5-20H2,1-4H3;1-8H,(H,15,16)(H,17,18)/q2*+1;/p-2. The molecule has 0 aliphatic carbocycles. The van der Waals surface area contributed by atoms with Crippen LogP contribution in [0.2, 0.25) is 0 Å². The minimum Gasteiger partial charge on any atom is -0.545 e. The molecular formula is C54H96N2O4S. The topological polar surface area (TPSA) is 80.3 Å². The second-order valence-corrected chi connectivity index (χ2v) is 19.9. The Morgan fingerprint density at radius 3 is 0.852 bits per heavy atom. The van der Waals surface area contributed by atoms with E-state index in [-0.39, 0.29) is 11.1 Å². The molecular weight excluding hydrogens is 773 g/mol. The molecule has 0 heterocycles. The first kappa shape index (κ1) is 58.6. The second kappa shape index (κ2) is 39.3. The number of nitrogens with zero attached hydrogens (tertiary/aromatic N) is 2. The highest BCUT2D eigenvalue weighted by Gasteiger charge is 2.11. The molecule has 2 aromatic carbocycles. The highest BCUT2D eigenvalue weighted by Crippen LogP contribution is 2.32. The van der Waals surface area contributed by atoms with E-state index in [1.807, 2.05) is 0 Å². The van der Waals surface area contributed by atoms with Gasteiger partial charge in [-0.05, 0) is 51.7 Å². The van der Waals surface area contributed by atoms with Crippen molar-refractivity contribution in [1.82, 2.24) is 0 Å². The molecule has 352 valence electrons. The van der Waals surface area contributed by atoms with Gasteiger partial charge in [0.1, 0.15) is 0 Å². The highest BCUT2D eigenvalue weighted by molar-refractivity contribution is 7.99. The Morgan fingerprint density at radius 2 is 0.623 bits per heavy atom. The van der Waals surface area contributed by atoms with E-state index in [1.54, 1.807) is 36.4 Å². The molecule has 0 atom stereocenters. The SMILES string of the molecule is CCCCCCCCCCCCCCCC[N+](C)(C)CC.CCCCCCCCCCCCCCCC[N+](C)(C)CC.O=C([O-])c1ccccc1Sc1ccccc1C(=O)[O-]. The average Bonchev–Trinajstić information content (AvgIpc) is 3.24. The Labute approximate surface area is 382 Å². The van der Waals surface area contributed by atoms with Crippen molar-refractivity contribution in [2.45, 2.75) is 217 Å². The van der Waals surface area contributed by atoms with Crippen molar-refractivity contribution in [3.63, 3.8) is 0 Å². The van der Waals surface area contributed by atoms with Crippen molar-refractivity contribution < 1.29 is 28.8 Å². The van der Waals surface area contributed by atoms with E-state index >= 15 is 0 Å². The summed E-state index contributed by atoms with van der Waals surface area (Å²) in [5.74, 6) is -2.59. The zero-order valence-electron chi connectivity index (χ0n) is 41.2. The molecule has 0 unspecified atom stereocenters. The van der Waals surface area contributed by atoms with Crippen molar-refractivity contribution >= 4 is 23.7 Å². The minimum absolute atomic E-state index is 0.0284. The summed E-state index contributed by atoms with van der Waals surface area (Å²) in [6, 6.07) is 12.6. The van der Waals surface area contributed by atoms with Gasteiger partial charge < -0.3 is 28.8 Å². The van der Waals surface area contributed by atoms with E-state index in [0.29, 0.717) is 9.79 Å². The average molecular weight is 869 g/mol. The number of carboxylic acids is 2. The molecule has 6 nitrogen and oxygen atoms in total. The summed E-state index contributed by atoms with van der Waals surface area (Å²) >= 11 is 1.06. The fourth-order valence-electron chi connectivity index (χ4n) is 7.35. The normalized spacial score (nSPS) is 11.4. The molecule has 0 N–H and O–H groups in total. The van der Waals surface area contributed by atoms with Gasteiger partial charge in [0.2, 0.25) is 0 Å². The van der Waals surface area contributed by atoms with Gasteiger partial charge in [0.25, 0.3) is 0 Å². The van der Waals surface area contributed by atoms with Gasteiger partial charge in [0, 0.05) is 20.9 Å². The van der Waals surface area contributed by atoms with Gasteiger partial charge >= 0.3 is 0 Å². The number of quaternary nitrogens is 2. The van der Waals surface area contributed by atoms with Crippen LogP contribution in [-0.2, 0) is 0 Å². The molecule has 0 fully saturated rings. The lowest BCUT2D eigenvalue weighted by Crippen LogP contribution is -2.39. The number of carboxylic acid groups (broad SMARTS) is 2. The maximum absolute atomic E-state index is 11.0. The van der Waals surface area contributed by atoms with Crippen LogP contribution in [0.5, 0.6) is 0 Å². The van der Waals surface area contributed by atoms with Crippen LogP contribution in [0.25, 0.3) is 0 Å². The number of benzene rings is 2. The molecule has 0 saturated carbocycles. The third kappa shape index (κ3) is 34.8. The Morgan fingerprint density at radius 1 is 0.393 bits per heavy atom. The molecule has 0 saturated heterocycles. The maximum Gasteiger partial charge on any atom is 0.0782 e. The van der Waals surface area contributed by atoms with E-state index in [9.17, 15) is 19.8 Å². The van der Waals surface area contributed by atoms with Crippen LogP contribution >= 0.6 is 11.8 Å². The lowest BCUT2D eigenvalue weighted by molar-refractivity contribution is -0.888. The molecule has 0 radical (unpaired) electrons. The first-order valence-electron chi connectivity index (χ1n) is 25.3. The van der Waals surface area contributed by atoms with E-state index in [4.69, 9.17) is 0 Å². The van der Waals surface area contributed by atoms with Crippen LogP contribution in [0.15, 0.2) is 58.3 Å². The van der Waals surface area contributed by atoms with Crippen molar-refractivity contribution in [1.29, 1.82) is 0 Å². The number of carbonyl (C=O) groups excluding carboxylic acids is 2. The lowest BCUT2D eigenvalue weighted by atomic mass is 10.0. The van der Waals surface area contributed by atoms with E-state index in [2.05, 4.69) is 55.9 Å². The summed E-state index contributed by atoms with van der Waals surface area (Å²) in [6.07, 6.45) is 40.8. The van der Waals surface area contributed by atoms with Crippen LogP contribution < -0.4 is 10.2 Å². The number of hydrogen-bond donors (Lipinski definition) is 0. The van der Waals surface area contributed by atoms with Gasteiger partial charge in [-0.1, -0.05) is 216 Å². The van der Waals surface area contributed by atoms with Crippen LogP contribution in [-0.4, -0.2) is 75.3 Å². The molecule has 0 aromatic heterocycles. The van der Waals surface area contributed by atoms with Crippen LogP contribution in [0.1, 0.15) is 228 Å². The van der Waals surface area contributed by atoms with Crippen LogP contribution in [0, 0.1) is 0 Å². The number of rotatable bonds is 36. The smallest absolute Gasteiger partial charge is 0.0782 e. The fraction of sp³-hybridized carbons (Fsp3) is 0.741. The number of aromatic carboxylic acids is 2. The largest absolute Gasteiger partial charge is 0.545 e. The Bertz CT molecular complexity index is 1230. The molecule has 61 heavy (non-hydrogen) atoms. The van der Waals surface area contributed by atoms with Crippen LogP contribution in [0.4, 0.5) is 0 Å². The highest BCUT2D eigenvalue weighted by atomic mass is 32.2. The summed E-state index contributed by atoms with van der Waals surface area (Å²) in [5.41, 5.74) is 0.0568. The van der Waals surface area contributed by atoms with Gasteiger partial charge in [-0.15, -0.1) is 0 Å². The third-order valence-corrected chi connectivity index (χ3v) is 13.5. The molecule has 0 bridgehead atoms. The Hall–Kier alpha value is -2.35. The maximum atomic E-state index is 11.0. The molecule has 0 spiro atoms. The molecule has 0 aliphatic rings. The number of carbonyl (C=O) groups is 2. The number of unbranched alkanes of at least 4 members (excludes halogenated alkanes) is 26. The van der Waals surface area contributed by atoms with Crippen molar-refractivity contribution in [3.05, 3.63) is 59.7 Å². The van der Waals surface area contributed by atoms with Gasteiger partial charge in [-0.3, -0.25) is 0 Å². The van der Waals surface area contributed by atoms with E-state index in [0.717, 1.165) is 11.8 Å². The zero-order valence-corrected chi connectivity index (χ0v) is 42.0. The molecule has 7 heteroatoms. The van der Waals surface area contributed by atoms with Gasteiger partial charge in [-0.25, -0.2) is 0 Å². The van der Waals surface area contributed by atoms with Gasteiger partial charge in [-0.2, -0.15) is 0 Å². The molecule has 0 aliphatic heterocycles. The predicted octanol–water partition coefficient (Wildman–Crippen LogP) is 13.7. The van der Waals surface area contributed by atoms with Crippen molar-refractivity contribution in [3.8, 4) is 0 Å². The minimum atomic E-state index is -1.30. The zero-order chi connectivity index (χ0) is 45.5. The fourth-order valence-corrected chi connectivity index (χ4v) is 8.40. The quantitative estimate of drug-likeness (QED) is 0.0503. The summed E-state index contributed by atoms with van der Waals surface area (Å²) < 4.78 is 2.39. The van der Waals surface area contributed by atoms with Gasteiger partial charge in [0.15, 0.2) is 0 Å². The first-order valence-corrected chi connectivity index (χ1v) is 26.1. The number of hydrogen-bond acceptors (Lipinski definition) is 5. The van der Waals surface area contributed by atoms with E-state index in [1.165, 1.54) is 227 Å². The molecule has 0 amide bonds. The summed E-state index contributed by atoms with van der Waals surface area (Å²) in [6.45, 7) is 14.4. The third-order valence-electron chi connectivity index (χ3n) is 12.4. The van der Waals surface area contributed by atoms with Crippen molar-refractivity contribution in [2.24, 2.45) is 0 Å². The molecule has 2 aromatic rings.